The third kappa shape index (κ3) is 4.69. The van der Waals surface area contributed by atoms with Crippen LogP contribution in [0.3, 0.4) is 0 Å². The van der Waals surface area contributed by atoms with Gasteiger partial charge < -0.3 is 0 Å². The van der Waals surface area contributed by atoms with Crippen molar-refractivity contribution in [2.45, 2.75) is 46.8 Å². The van der Waals surface area contributed by atoms with Crippen LogP contribution in [0, 0.1) is 0 Å². The second kappa shape index (κ2) is 10.8. The van der Waals surface area contributed by atoms with Gasteiger partial charge in [0.25, 0.3) is 0 Å². The van der Waals surface area contributed by atoms with Gasteiger partial charge in [-0.3, -0.25) is 0 Å². The molecule has 0 radical (unpaired) electrons. The fraction of sp³-hybridized carbons (Fsp3) is 0.216. The Morgan fingerprint density at radius 3 is 1.35 bits per heavy atom. The number of halogens is 2. The van der Waals surface area contributed by atoms with Gasteiger partial charge in [0, 0.05) is 0 Å². The van der Waals surface area contributed by atoms with Crippen molar-refractivity contribution >= 4 is 33.4 Å². The summed E-state index contributed by atoms with van der Waals surface area (Å²) in [4.78, 5) is 0. The van der Waals surface area contributed by atoms with Gasteiger partial charge in [-0.1, -0.05) is 0 Å². The van der Waals surface area contributed by atoms with Crippen LogP contribution >= 0.6 is 17.0 Å². The number of benzene rings is 4. The second-order valence-electron chi connectivity index (χ2n) is 11.5. The molecular formula is C37H36Cl2Zr. The summed E-state index contributed by atoms with van der Waals surface area (Å²) < 4.78 is 4.94. The van der Waals surface area contributed by atoms with Crippen molar-refractivity contribution in [3.8, 4) is 22.3 Å². The number of hydrogen-bond acceptors (Lipinski definition) is 0. The zero-order chi connectivity index (χ0) is 27.9. The van der Waals surface area contributed by atoms with Gasteiger partial charge in [0.05, 0.1) is 0 Å². The van der Waals surface area contributed by atoms with E-state index in [4.69, 9.17) is 21.2 Å². The maximum atomic E-state index is 8.10. The third-order valence-corrected chi connectivity index (χ3v) is 23.0. The Hall–Kier alpha value is -2.31. The molecule has 0 heterocycles. The number of rotatable bonds is 8. The van der Waals surface area contributed by atoms with E-state index in [0.29, 0.717) is 0 Å². The van der Waals surface area contributed by atoms with E-state index in [0.717, 1.165) is 25.7 Å². The van der Waals surface area contributed by atoms with Crippen LogP contribution in [0.4, 0.5) is 0 Å². The summed E-state index contributed by atoms with van der Waals surface area (Å²) in [6.07, 6.45) is 8.84. The summed E-state index contributed by atoms with van der Waals surface area (Å²) >= 11 is -4.94. The first kappa shape index (κ1) is 27.8. The summed E-state index contributed by atoms with van der Waals surface area (Å²) in [6, 6.07) is 34.6. The van der Waals surface area contributed by atoms with Crippen molar-refractivity contribution in [3.63, 3.8) is 0 Å². The molecule has 2 aliphatic carbocycles. The van der Waals surface area contributed by atoms with Crippen molar-refractivity contribution < 1.29 is 15.9 Å². The topological polar surface area (TPSA) is 0 Å². The minimum absolute atomic E-state index is 0.0278. The fourth-order valence-electron chi connectivity index (χ4n) is 7.24. The third-order valence-electron chi connectivity index (χ3n) is 8.73. The molecular weight excluding hydrogens is 607 g/mol. The molecule has 2 unspecified atom stereocenters. The van der Waals surface area contributed by atoms with Gasteiger partial charge in [0.2, 0.25) is 0 Å². The molecule has 2 atom stereocenters. The standard InChI is InChI=1S/2C18H17.CH2.2ClH.Zr/c2*1-2-7-14-12-16-10-6-11-17(18(16)13-14)15-8-4-3-5-9-15;;;;/h2*3-6,8-13H,2,7H2,1H3;1H2;2*1H;/q;;;;;+2/p-2. The number of fused-ring (bicyclic) bond motifs is 2. The molecule has 202 valence electrons. The molecule has 0 saturated heterocycles. The van der Waals surface area contributed by atoms with E-state index >= 15 is 0 Å². The fourth-order valence-corrected chi connectivity index (χ4v) is 23.3. The zero-order valence-corrected chi connectivity index (χ0v) is 27.3. The van der Waals surface area contributed by atoms with Crippen LogP contribution in [0.5, 0.6) is 0 Å². The van der Waals surface area contributed by atoms with Crippen LogP contribution in [0.1, 0.15) is 69.0 Å². The predicted molar refractivity (Wildman–Crippen MR) is 174 cm³/mol. The summed E-state index contributed by atoms with van der Waals surface area (Å²) in [5, 5.41) is 0. The molecule has 2 aliphatic rings. The molecule has 0 aromatic heterocycles. The van der Waals surface area contributed by atoms with Crippen LogP contribution in [0.15, 0.2) is 108 Å². The zero-order valence-electron chi connectivity index (χ0n) is 23.3. The maximum absolute atomic E-state index is 8.10. The molecule has 4 aromatic carbocycles. The predicted octanol–water partition coefficient (Wildman–Crippen LogP) is 11.6. The van der Waals surface area contributed by atoms with Gasteiger partial charge >= 0.3 is 249 Å². The van der Waals surface area contributed by atoms with E-state index < -0.39 is 15.9 Å². The van der Waals surface area contributed by atoms with Crippen LogP contribution in [-0.2, 0) is 15.9 Å². The molecule has 0 fully saturated rings. The van der Waals surface area contributed by atoms with Gasteiger partial charge in [-0.05, 0) is 0 Å². The van der Waals surface area contributed by atoms with Crippen molar-refractivity contribution in [2.75, 3.05) is 0 Å². The number of hydrogen-bond donors (Lipinski definition) is 0. The quantitative estimate of drug-likeness (QED) is 0.179. The van der Waals surface area contributed by atoms with E-state index in [1.807, 2.05) is 0 Å². The van der Waals surface area contributed by atoms with Crippen LogP contribution in [0.25, 0.3) is 34.4 Å². The van der Waals surface area contributed by atoms with Crippen molar-refractivity contribution in [3.05, 3.63) is 130 Å². The molecule has 3 heteroatoms. The van der Waals surface area contributed by atoms with E-state index in [1.54, 1.807) is 0 Å². The van der Waals surface area contributed by atoms with Gasteiger partial charge in [-0.25, -0.2) is 0 Å². The molecule has 0 spiro atoms. The summed E-state index contributed by atoms with van der Waals surface area (Å²) in [7, 11) is 16.2. The SMILES string of the molecule is [CH2]=[Zr]([Cl])([Cl])([CH]1C(CCC)=Cc2c(-c3ccccc3)cccc21)[CH]1C(CCC)=Cc2c(-c3ccccc3)cccc21. The van der Waals surface area contributed by atoms with E-state index in [1.165, 1.54) is 55.7 Å². The Morgan fingerprint density at radius 1 is 0.575 bits per heavy atom. The van der Waals surface area contributed by atoms with Crippen LogP contribution in [0.2, 0.25) is 0 Å². The van der Waals surface area contributed by atoms with Crippen LogP contribution in [-0.4, -0.2) is 4.21 Å². The monoisotopic (exact) mass is 640 g/mol. The average Bonchev–Trinajstić information content (AvgIpc) is 3.53. The van der Waals surface area contributed by atoms with Crippen molar-refractivity contribution in [1.82, 2.24) is 0 Å². The molecule has 0 aliphatic heterocycles. The second-order valence-corrected chi connectivity index (χ2v) is 32.7. The Labute approximate surface area is 247 Å². The van der Waals surface area contributed by atoms with E-state index in [2.05, 4.69) is 123 Å². The minimum atomic E-state index is -4.94. The van der Waals surface area contributed by atoms with E-state index in [9.17, 15) is 0 Å². The normalized spacial score (nSPS) is 18.2. The van der Waals surface area contributed by atoms with Gasteiger partial charge in [0.15, 0.2) is 0 Å². The van der Waals surface area contributed by atoms with Gasteiger partial charge in [0.1, 0.15) is 0 Å². The van der Waals surface area contributed by atoms with E-state index in [-0.39, 0.29) is 7.25 Å². The Bertz CT molecular complexity index is 1570. The molecule has 40 heavy (non-hydrogen) atoms. The molecule has 6 rings (SSSR count). The molecule has 0 N–H and O–H groups in total. The first-order chi connectivity index (χ1) is 19.3. The van der Waals surface area contributed by atoms with Gasteiger partial charge in [-0.2, -0.15) is 0 Å². The molecule has 0 amide bonds. The summed E-state index contributed by atoms with van der Waals surface area (Å²) in [5.41, 5.74) is 12.7. The molecule has 0 saturated carbocycles. The first-order valence-electron chi connectivity index (χ1n) is 14.5. The van der Waals surface area contributed by atoms with Crippen molar-refractivity contribution in [2.24, 2.45) is 0 Å². The average molecular weight is 643 g/mol. The number of allylic oxidation sites excluding steroid dienone is 2. The Morgan fingerprint density at radius 2 is 0.975 bits per heavy atom. The van der Waals surface area contributed by atoms with Gasteiger partial charge in [-0.15, -0.1) is 0 Å². The Kier molecular flexibility index (Phi) is 7.54. The summed E-state index contributed by atoms with van der Waals surface area (Å²) in [6.45, 7) is 4.49. The summed E-state index contributed by atoms with van der Waals surface area (Å²) in [5.74, 6) is 0. The Balaban J connectivity index is 1.55. The molecule has 4 aromatic rings. The van der Waals surface area contributed by atoms with Crippen LogP contribution < -0.4 is 0 Å². The molecule has 0 bridgehead atoms. The van der Waals surface area contributed by atoms with Crippen molar-refractivity contribution in [1.29, 1.82) is 0 Å². The molecule has 0 nitrogen and oxygen atoms in total. The first-order valence-corrected chi connectivity index (χ1v) is 25.5.